The van der Waals surface area contributed by atoms with Gasteiger partial charge < -0.3 is 25.2 Å². The highest BCUT2D eigenvalue weighted by atomic mass is 33.1. The third-order valence-corrected chi connectivity index (χ3v) is 21.5. The number of aliphatic hydroxyl groups is 4. The first-order valence-electron chi connectivity index (χ1n) is 42.2. The van der Waals surface area contributed by atoms with Crippen molar-refractivity contribution in [2.24, 2.45) is 0 Å². The Hall–Kier alpha value is -2.75. The van der Waals surface area contributed by atoms with Crippen LogP contribution in [0.2, 0.25) is 0 Å². The van der Waals surface area contributed by atoms with E-state index in [2.05, 4.69) is 169 Å². The molecular formula is C89H160N4O6S2. The van der Waals surface area contributed by atoms with Gasteiger partial charge in [-0.15, -0.1) is 0 Å². The maximum atomic E-state index is 12.9. The number of carbonyl (C=O) groups is 1. The fourth-order valence-corrected chi connectivity index (χ4v) is 14.9. The minimum absolute atomic E-state index is 0.126. The molecule has 1 heterocycles. The largest absolute Gasteiger partial charge is 0.464 e. The van der Waals surface area contributed by atoms with E-state index in [9.17, 15) is 25.2 Å². The number of piperazine rings is 1. The molecule has 0 spiro atoms. The average molecular weight is 1450 g/mol. The molecule has 584 valence electrons. The Balaban J connectivity index is 2.46. The van der Waals surface area contributed by atoms with Crippen LogP contribution < -0.4 is 0 Å². The third-order valence-electron chi connectivity index (χ3n) is 19.0. The van der Waals surface area contributed by atoms with Crippen LogP contribution in [-0.4, -0.2) is 167 Å². The van der Waals surface area contributed by atoms with E-state index in [0.29, 0.717) is 39.2 Å². The van der Waals surface area contributed by atoms with E-state index >= 15 is 0 Å². The highest BCUT2D eigenvalue weighted by Gasteiger charge is 2.20. The third kappa shape index (κ3) is 71.3. The first kappa shape index (κ1) is 96.3. The standard InChI is InChI=1S/C89H160N4O6S2/c1-5-9-13-17-21-25-29-33-37-41-45-49-53-57-65-85(94)81-92(82-86(95)66-58-54-50-46-42-38-34-30-26-22-18-14-10-6-2)70-62-61-69-89(98)99-78-76-90-72-74-91(75-73-90)77-80-101-100-79-64-63-71-93(83-87(96)67-59-55-51-47-43-39-35-31-27-23-19-15-11-7-3)84-88(97)68-60-56-52-48-44-40-36-32-28-24-20-16-12-8-4/h11-12,15-16,21-28,33-40,85-88,94-97H,5-10,13-14,17-20,29-32,41-84H2,1-4H3/b15-11-,16-12-,25-21-,26-22-,27-23-,28-24-,37-33-,38-34-,39-35-,40-36-/t85-,86-,87+,88+/m1/s1. The lowest BCUT2D eigenvalue weighted by Gasteiger charge is -2.34. The van der Waals surface area contributed by atoms with Gasteiger partial charge in [0, 0.05) is 83.4 Å². The molecule has 1 fully saturated rings. The second kappa shape index (κ2) is 78.3. The molecule has 101 heavy (non-hydrogen) atoms. The maximum absolute atomic E-state index is 12.9. The Morgan fingerprint density at radius 3 is 0.990 bits per heavy atom. The minimum atomic E-state index is -0.416. The number of allylic oxidation sites excluding steroid dienone is 20. The fraction of sp³-hybridized carbons (Fsp3) is 0.764. The Kier molecular flexibility index (Phi) is 74.6. The van der Waals surface area contributed by atoms with Crippen molar-refractivity contribution in [3.05, 3.63) is 122 Å². The van der Waals surface area contributed by atoms with Gasteiger partial charge in [0.15, 0.2) is 0 Å². The molecule has 12 heteroatoms. The summed E-state index contributed by atoms with van der Waals surface area (Å²) < 4.78 is 5.76. The molecule has 1 aliphatic rings. The van der Waals surface area contributed by atoms with Crippen LogP contribution in [0.4, 0.5) is 0 Å². The van der Waals surface area contributed by atoms with E-state index in [1.54, 1.807) is 0 Å². The van der Waals surface area contributed by atoms with E-state index < -0.39 is 12.2 Å². The van der Waals surface area contributed by atoms with E-state index in [4.69, 9.17) is 4.74 Å². The summed E-state index contributed by atoms with van der Waals surface area (Å²) in [5, 5.41) is 44.8. The zero-order chi connectivity index (χ0) is 72.9. The Labute approximate surface area is 632 Å². The maximum Gasteiger partial charge on any atom is 0.305 e. The summed E-state index contributed by atoms with van der Waals surface area (Å²) in [7, 11) is 3.97. The molecule has 1 aliphatic heterocycles. The molecule has 4 atom stereocenters. The van der Waals surface area contributed by atoms with Gasteiger partial charge in [0.1, 0.15) is 6.61 Å². The number of esters is 1. The zero-order valence-corrected chi connectivity index (χ0v) is 67.6. The van der Waals surface area contributed by atoms with Gasteiger partial charge in [-0.25, -0.2) is 0 Å². The van der Waals surface area contributed by atoms with Gasteiger partial charge in [0.2, 0.25) is 0 Å². The van der Waals surface area contributed by atoms with Gasteiger partial charge in [-0.3, -0.25) is 24.4 Å². The van der Waals surface area contributed by atoms with Crippen LogP contribution in [0.15, 0.2) is 122 Å². The molecule has 0 radical (unpaired) electrons. The predicted molar refractivity (Wildman–Crippen MR) is 448 cm³/mol. The molecule has 0 aromatic heterocycles. The van der Waals surface area contributed by atoms with Crippen LogP contribution in [0, 0.1) is 0 Å². The number of carbonyl (C=O) groups excluding carboxylic acids is 1. The number of aliphatic hydroxyl groups excluding tert-OH is 4. The second-order valence-corrected chi connectivity index (χ2v) is 31.5. The Morgan fingerprint density at radius 1 is 0.347 bits per heavy atom. The number of ether oxygens (including phenoxy) is 1. The number of hydrogen-bond donors (Lipinski definition) is 4. The molecule has 10 nitrogen and oxygen atoms in total. The molecule has 1 rings (SSSR count). The SMILES string of the molecule is CC/C=C\C/C=C\C/C=C\CCCCCC[C@H](O)CN(CCCCSSCCN1CCN(CCOC(=O)CCCCN(C[C@H](O)CCCCCC/C=C\C/C=C\CCCCC)C[C@H](O)CCCCCC/C=C\C/C=C\CCCCC)CC1)C[C@@H](O)CCCCCC/C=C\C/C=C\C/C=C\CC. The van der Waals surface area contributed by atoms with Crippen molar-refractivity contribution in [3.8, 4) is 0 Å². The fourth-order valence-electron chi connectivity index (χ4n) is 12.7. The molecule has 0 unspecified atom stereocenters. The number of rotatable bonds is 75. The van der Waals surface area contributed by atoms with Crippen LogP contribution in [0.5, 0.6) is 0 Å². The monoisotopic (exact) mass is 1450 g/mol. The summed E-state index contributed by atoms with van der Waals surface area (Å²) in [6.07, 6.45) is 92.7. The van der Waals surface area contributed by atoms with E-state index in [1.807, 2.05) is 21.6 Å². The zero-order valence-electron chi connectivity index (χ0n) is 66.0. The first-order valence-corrected chi connectivity index (χ1v) is 44.7. The number of unbranched alkanes of at least 4 members (excludes halogenated alkanes) is 24. The van der Waals surface area contributed by atoms with Gasteiger partial charge in [0.25, 0.3) is 0 Å². The lowest BCUT2D eigenvalue weighted by Crippen LogP contribution is -2.47. The van der Waals surface area contributed by atoms with Gasteiger partial charge >= 0.3 is 5.97 Å². The van der Waals surface area contributed by atoms with Gasteiger partial charge in [-0.1, -0.05) is 274 Å². The molecule has 0 aliphatic carbocycles. The molecule has 1 saturated heterocycles. The van der Waals surface area contributed by atoms with Crippen molar-refractivity contribution < 1.29 is 30.0 Å². The summed E-state index contributed by atoms with van der Waals surface area (Å²) in [5.41, 5.74) is 0. The normalized spacial score (nSPS) is 15.3. The van der Waals surface area contributed by atoms with Crippen molar-refractivity contribution in [1.82, 2.24) is 19.6 Å². The van der Waals surface area contributed by atoms with Crippen molar-refractivity contribution in [3.63, 3.8) is 0 Å². The van der Waals surface area contributed by atoms with Gasteiger partial charge in [-0.2, -0.15) is 0 Å². The summed E-state index contributed by atoms with van der Waals surface area (Å²) in [5.74, 6) is 2.09. The van der Waals surface area contributed by atoms with Crippen molar-refractivity contribution in [1.29, 1.82) is 0 Å². The highest BCUT2D eigenvalue weighted by Crippen LogP contribution is 2.24. The minimum Gasteiger partial charge on any atom is -0.464 e. The molecule has 0 bridgehead atoms. The van der Waals surface area contributed by atoms with Crippen LogP contribution in [0.25, 0.3) is 0 Å². The summed E-state index contributed by atoms with van der Waals surface area (Å²) in [6, 6.07) is 0. The summed E-state index contributed by atoms with van der Waals surface area (Å²) in [6.45, 7) is 19.3. The van der Waals surface area contributed by atoms with Gasteiger partial charge in [-0.05, 0) is 193 Å². The van der Waals surface area contributed by atoms with Crippen LogP contribution in [0.3, 0.4) is 0 Å². The van der Waals surface area contributed by atoms with Crippen molar-refractivity contribution >= 4 is 27.6 Å². The lowest BCUT2D eigenvalue weighted by atomic mass is 10.1. The number of nitrogens with zero attached hydrogens (tertiary/aromatic N) is 4. The Morgan fingerprint density at radius 2 is 0.644 bits per heavy atom. The van der Waals surface area contributed by atoms with Crippen LogP contribution in [0.1, 0.15) is 317 Å². The van der Waals surface area contributed by atoms with Crippen LogP contribution >= 0.6 is 21.6 Å². The van der Waals surface area contributed by atoms with E-state index in [1.165, 1.54) is 103 Å². The topological polar surface area (TPSA) is 120 Å². The van der Waals surface area contributed by atoms with Crippen molar-refractivity contribution in [2.45, 2.75) is 341 Å². The lowest BCUT2D eigenvalue weighted by molar-refractivity contribution is -0.144. The molecule has 4 N–H and O–H groups in total. The second-order valence-electron chi connectivity index (χ2n) is 28.7. The summed E-state index contributed by atoms with van der Waals surface area (Å²) in [4.78, 5) is 22.5. The quantitative estimate of drug-likeness (QED) is 0.0201. The molecular weight excluding hydrogens is 1290 g/mol. The van der Waals surface area contributed by atoms with Crippen molar-refractivity contribution in [2.75, 3.05) is 96.6 Å². The molecule has 0 aromatic rings. The van der Waals surface area contributed by atoms with Gasteiger partial charge in [0.05, 0.1) is 24.4 Å². The van der Waals surface area contributed by atoms with Crippen LogP contribution in [-0.2, 0) is 9.53 Å². The average Bonchev–Trinajstić information content (AvgIpc) is 1.08. The molecule has 0 aromatic carbocycles. The molecule has 0 saturated carbocycles. The predicted octanol–water partition coefficient (Wildman–Crippen LogP) is 22.8. The van der Waals surface area contributed by atoms with E-state index in [-0.39, 0.29) is 18.2 Å². The number of hydrogen-bond acceptors (Lipinski definition) is 12. The van der Waals surface area contributed by atoms with E-state index in [0.717, 1.165) is 244 Å². The molecule has 0 amide bonds. The highest BCUT2D eigenvalue weighted by molar-refractivity contribution is 8.76. The Bertz CT molecular complexity index is 1960. The summed E-state index contributed by atoms with van der Waals surface area (Å²) >= 11 is 0. The smallest absolute Gasteiger partial charge is 0.305 e. The first-order chi connectivity index (χ1) is 49.7.